The fourth-order valence-electron chi connectivity index (χ4n) is 1.58. The van der Waals surface area contributed by atoms with E-state index in [0.29, 0.717) is 6.61 Å². The molecule has 0 aliphatic carbocycles. The number of hydrogen-bond donors (Lipinski definition) is 1. The Balaban J connectivity index is 0. The molecule has 0 aromatic heterocycles. The minimum absolute atomic E-state index is 0. The maximum Gasteiger partial charge on any atom is 0.323 e. The highest BCUT2D eigenvalue weighted by Gasteiger charge is 2.16. The molecule has 0 spiro atoms. The van der Waals surface area contributed by atoms with Crippen LogP contribution in [-0.2, 0) is 16.0 Å². The standard InChI is InChI=1S/C13H19NO2.2CH4/c1-3-16-13(15)12(14-2)10-9-11-7-5-4-6-8-11;;/h4-8,12,14H,3,9-10H2,1-2H3;2*1H4/t12-;;/m0../s1. The summed E-state index contributed by atoms with van der Waals surface area (Å²) in [7, 11) is 1.78. The first-order valence-electron chi connectivity index (χ1n) is 5.65. The van der Waals surface area contributed by atoms with Crippen LogP contribution in [-0.4, -0.2) is 25.7 Å². The van der Waals surface area contributed by atoms with E-state index < -0.39 is 0 Å². The first kappa shape index (κ1) is 19.0. The minimum atomic E-state index is -0.208. The second kappa shape index (κ2) is 10.8. The van der Waals surface area contributed by atoms with Crippen molar-refractivity contribution in [1.82, 2.24) is 5.32 Å². The van der Waals surface area contributed by atoms with Gasteiger partial charge in [-0.15, -0.1) is 0 Å². The number of ether oxygens (including phenoxy) is 1. The third-order valence-electron chi connectivity index (χ3n) is 2.48. The Labute approximate surface area is 112 Å². The average molecular weight is 253 g/mol. The van der Waals surface area contributed by atoms with Crippen molar-refractivity contribution in [2.45, 2.75) is 40.7 Å². The van der Waals surface area contributed by atoms with Crippen LogP contribution in [0.1, 0.15) is 33.8 Å². The number of hydrogen-bond acceptors (Lipinski definition) is 3. The van der Waals surface area contributed by atoms with Gasteiger partial charge >= 0.3 is 5.97 Å². The molecule has 3 nitrogen and oxygen atoms in total. The summed E-state index contributed by atoms with van der Waals surface area (Å²) in [5.74, 6) is -0.166. The lowest BCUT2D eigenvalue weighted by molar-refractivity contribution is -0.145. The van der Waals surface area contributed by atoms with Gasteiger partial charge in [0.15, 0.2) is 0 Å². The van der Waals surface area contributed by atoms with Crippen molar-refractivity contribution in [1.29, 1.82) is 0 Å². The molecule has 0 fully saturated rings. The van der Waals surface area contributed by atoms with Crippen molar-refractivity contribution in [2.75, 3.05) is 13.7 Å². The van der Waals surface area contributed by atoms with Crippen LogP contribution in [0.5, 0.6) is 0 Å². The maximum absolute atomic E-state index is 11.5. The summed E-state index contributed by atoms with van der Waals surface area (Å²) >= 11 is 0. The van der Waals surface area contributed by atoms with Gasteiger partial charge in [-0.05, 0) is 32.4 Å². The largest absolute Gasteiger partial charge is 0.465 e. The Morgan fingerprint density at radius 3 is 2.39 bits per heavy atom. The molecule has 1 rings (SSSR count). The molecule has 0 unspecified atom stereocenters. The molecule has 0 saturated heterocycles. The number of benzene rings is 1. The molecule has 1 N–H and O–H groups in total. The van der Waals surface area contributed by atoms with E-state index in [1.165, 1.54) is 5.56 Å². The average Bonchev–Trinajstić information content (AvgIpc) is 2.31. The van der Waals surface area contributed by atoms with E-state index in [-0.39, 0.29) is 26.9 Å². The third kappa shape index (κ3) is 6.40. The van der Waals surface area contributed by atoms with Gasteiger partial charge in [0.1, 0.15) is 6.04 Å². The summed E-state index contributed by atoms with van der Waals surface area (Å²) in [4.78, 5) is 11.5. The molecule has 1 atom stereocenters. The number of esters is 1. The van der Waals surface area contributed by atoms with E-state index in [0.717, 1.165) is 12.8 Å². The first-order chi connectivity index (χ1) is 7.77. The third-order valence-corrected chi connectivity index (χ3v) is 2.48. The first-order valence-corrected chi connectivity index (χ1v) is 5.65. The summed E-state index contributed by atoms with van der Waals surface area (Å²) in [6.07, 6.45) is 1.64. The van der Waals surface area contributed by atoms with Gasteiger partial charge in [-0.2, -0.15) is 0 Å². The maximum atomic E-state index is 11.5. The number of carbonyl (C=O) groups is 1. The van der Waals surface area contributed by atoms with Gasteiger partial charge in [-0.25, -0.2) is 0 Å². The van der Waals surface area contributed by atoms with Crippen LogP contribution in [0.2, 0.25) is 0 Å². The van der Waals surface area contributed by atoms with Crippen LogP contribution >= 0.6 is 0 Å². The highest BCUT2D eigenvalue weighted by Crippen LogP contribution is 2.05. The fourth-order valence-corrected chi connectivity index (χ4v) is 1.58. The van der Waals surface area contributed by atoms with Gasteiger partial charge in [0.2, 0.25) is 0 Å². The van der Waals surface area contributed by atoms with Gasteiger partial charge in [0.05, 0.1) is 6.61 Å². The monoisotopic (exact) mass is 253 g/mol. The number of likely N-dealkylation sites (N-methyl/N-ethyl adjacent to an activating group) is 1. The van der Waals surface area contributed by atoms with E-state index in [1.54, 1.807) is 7.05 Å². The van der Waals surface area contributed by atoms with E-state index in [2.05, 4.69) is 17.4 Å². The highest BCUT2D eigenvalue weighted by molar-refractivity contribution is 5.75. The van der Waals surface area contributed by atoms with Crippen LogP contribution in [0.15, 0.2) is 30.3 Å². The smallest absolute Gasteiger partial charge is 0.323 e. The molecule has 18 heavy (non-hydrogen) atoms. The molecule has 3 heteroatoms. The highest BCUT2D eigenvalue weighted by atomic mass is 16.5. The van der Waals surface area contributed by atoms with Crippen LogP contribution in [0.4, 0.5) is 0 Å². The lowest BCUT2D eigenvalue weighted by atomic mass is 10.1. The zero-order chi connectivity index (χ0) is 11.8. The van der Waals surface area contributed by atoms with Crippen molar-refractivity contribution in [3.05, 3.63) is 35.9 Å². The number of nitrogens with one attached hydrogen (secondary N) is 1. The normalized spacial score (nSPS) is 10.8. The topological polar surface area (TPSA) is 38.3 Å². The van der Waals surface area contributed by atoms with Crippen LogP contribution in [0.25, 0.3) is 0 Å². The van der Waals surface area contributed by atoms with Crippen LogP contribution in [0.3, 0.4) is 0 Å². The quantitative estimate of drug-likeness (QED) is 0.792. The lowest BCUT2D eigenvalue weighted by Gasteiger charge is -2.14. The van der Waals surface area contributed by atoms with Crippen molar-refractivity contribution in [3.63, 3.8) is 0 Å². The molecule has 0 aliphatic heterocycles. The summed E-state index contributed by atoms with van der Waals surface area (Å²) in [6.45, 7) is 2.25. The van der Waals surface area contributed by atoms with Crippen molar-refractivity contribution in [3.8, 4) is 0 Å². The van der Waals surface area contributed by atoms with Gasteiger partial charge in [0.25, 0.3) is 0 Å². The molecule has 0 radical (unpaired) electrons. The van der Waals surface area contributed by atoms with Gasteiger partial charge in [-0.1, -0.05) is 45.2 Å². The van der Waals surface area contributed by atoms with E-state index in [9.17, 15) is 4.79 Å². The molecular weight excluding hydrogens is 226 g/mol. The number of rotatable bonds is 6. The van der Waals surface area contributed by atoms with Crippen molar-refractivity contribution < 1.29 is 9.53 Å². The zero-order valence-electron chi connectivity index (χ0n) is 9.90. The van der Waals surface area contributed by atoms with Crippen LogP contribution in [0, 0.1) is 0 Å². The fraction of sp³-hybridized carbons (Fsp3) is 0.533. The Hall–Kier alpha value is -1.35. The molecule has 0 heterocycles. The molecular formula is C15H27NO2. The predicted octanol–water partition coefficient (Wildman–Crippen LogP) is 3.04. The van der Waals surface area contributed by atoms with Crippen LogP contribution < -0.4 is 5.32 Å². The van der Waals surface area contributed by atoms with E-state index in [4.69, 9.17) is 4.74 Å². The Kier molecular flexibility index (Phi) is 11.4. The number of aryl methyl sites for hydroxylation is 1. The van der Waals surface area contributed by atoms with Gasteiger partial charge < -0.3 is 10.1 Å². The SMILES string of the molecule is C.C.CCOC(=O)[C@H](CCc1ccccc1)NC. The van der Waals surface area contributed by atoms with E-state index >= 15 is 0 Å². The van der Waals surface area contributed by atoms with Crippen molar-refractivity contribution in [2.24, 2.45) is 0 Å². The second-order valence-electron chi connectivity index (χ2n) is 3.62. The molecule has 0 aliphatic rings. The molecule has 0 saturated carbocycles. The second-order valence-corrected chi connectivity index (χ2v) is 3.62. The van der Waals surface area contributed by atoms with Gasteiger partial charge in [0, 0.05) is 0 Å². The zero-order valence-corrected chi connectivity index (χ0v) is 9.90. The van der Waals surface area contributed by atoms with Gasteiger partial charge in [-0.3, -0.25) is 4.79 Å². The lowest BCUT2D eigenvalue weighted by Crippen LogP contribution is -2.35. The van der Waals surface area contributed by atoms with E-state index in [1.807, 2.05) is 25.1 Å². The predicted molar refractivity (Wildman–Crippen MR) is 77.7 cm³/mol. The molecule has 104 valence electrons. The molecule has 1 aromatic rings. The summed E-state index contributed by atoms with van der Waals surface area (Å²) in [6, 6.07) is 9.93. The summed E-state index contributed by atoms with van der Waals surface area (Å²) in [5, 5.41) is 2.98. The number of carbonyl (C=O) groups excluding carboxylic acids is 1. The van der Waals surface area contributed by atoms with Crippen molar-refractivity contribution >= 4 is 5.97 Å². The molecule has 1 aromatic carbocycles. The molecule has 0 amide bonds. The minimum Gasteiger partial charge on any atom is -0.465 e. The Bertz CT molecular complexity index is 312. The Morgan fingerprint density at radius 1 is 1.28 bits per heavy atom. The Morgan fingerprint density at radius 2 is 1.89 bits per heavy atom. The summed E-state index contributed by atoms with van der Waals surface area (Å²) in [5.41, 5.74) is 1.24. The summed E-state index contributed by atoms with van der Waals surface area (Å²) < 4.78 is 4.98. The molecule has 0 bridgehead atoms.